The third-order valence-corrected chi connectivity index (χ3v) is 5.74. The van der Waals surface area contributed by atoms with Gasteiger partial charge in [-0.05, 0) is 44.0 Å². The van der Waals surface area contributed by atoms with Crippen molar-refractivity contribution < 1.29 is 14.0 Å². The molecular weight excluding hydrogens is 364 g/mol. The number of aromatic amines is 1. The van der Waals surface area contributed by atoms with Gasteiger partial charge < -0.3 is 14.6 Å². The van der Waals surface area contributed by atoms with Crippen LogP contribution in [0.4, 0.5) is 0 Å². The number of nitrogens with zero attached hydrogens (tertiary/aromatic N) is 2. The second kappa shape index (κ2) is 7.40. The van der Waals surface area contributed by atoms with Crippen LogP contribution >= 0.6 is 11.3 Å². The lowest BCUT2D eigenvalue weighted by Crippen LogP contribution is -2.46. The first-order valence-corrected chi connectivity index (χ1v) is 9.66. The van der Waals surface area contributed by atoms with E-state index in [1.54, 1.807) is 28.4 Å². The quantitative estimate of drug-likeness (QED) is 0.723. The van der Waals surface area contributed by atoms with Gasteiger partial charge in [-0.1, -0.05) is 0 Å². The monoisotopic (exact) mass is 384 g/mol. The van der Waals surface area contributed by atoms with Gasteiger partial charge in [-0.15, -0.1) is 11.3 Å². The minimum atomic E-state index is -0.189. The van der Waals surface area contributed by atoms with Crippen molar-refractivity contribution in [1.29, 1.82) is 0 Å². The molecule has 0 aliphatic carbocycles. The van der Waals surface area contributed by atoms with Gasteiger partial charge in [0.25, 0.3) is 11.8 Å². The SMILES string of the molecule is Cc1ccc(-c2cc(C(=O)NC3CCN(C(=O)c4ccoc4)CC3)n[nH]2)s1. The van der Waals surface area contributed by atoms with Gasteiger partial charge in [-0.25, -0.2) is 0 Å². The number of carbonyl (C=O) groups excluding carboxylic acids is 2. The summed E-state index contributed by atoms with van der Waals surface area (Å²) in [4.78, 5) is 28.9. The van der Waals surface area contributed by atoms with Crippen LogP contribution in [0.15, 0.2) is 41.2 Å². The number of aromatic nitrogens is 2. The lowest BCUT2D eigenvalue weighted by Gasteiger charge is -2.32. The molecule has 4 heterocycles. The van der Waals surface area contributed by atoms with Crippen molar-refractivity contribution in [3.05, 3.63) is 52.9 Å². The van der Waals surface area contributed by atoms with Gasteiger partial charge in [0.2, 0.25) is 0 Å². The molecular formula is C19H20N4O3S. The van der Waals surface area contributed by atoms with Crippen molar-refractivity contribution in [3.63, 3.8) is 0 Å². The summed E-state index contributed by atoms with van der Waals surface area (Å²) >= 11 is 1.66. The van der Waals surface area contributed by atoms with E-state index in [2.05, 4.69) is 15.5 Å². The predicted molar refractivity (Wildman–Crippen MR) is 102 cm³/mol. The Balaban J connectivity index is 1.32. The third kappa shape index (κ3) is 3.80. The van der Waals surface area contributed by atoms with Crippen molar-refractivity contribution in [1.82, 2.24) is 20.4 Å². The summed E-state index contributed by atoms with van der Waals surface area (Å²) < 4.78 is 4.97. The van der Waals surface area contributed by atoms with Gasteiger partial charge in [-0.3, -0.25) is 14.7 Å². The molecule has 7 nitrogen and oxygen atoms in total. The van der Waals surface area contributed by atoms with E-state index in [0.29, 0.717) is 24.3 Å². The number of rotatable bonds is 4. The fraction of sp³-hybridized carbons (Fsp3) is 0.316. The minimum Gasteiger partial charge on any atom is -0.472 e. The Morgan fingerprint density at radius 1 is 1.30 bits per heavy atom. The first-order valence-electron chi connectivity index (χ1n) is 8.85. The number of hydrogen-bond acceptors (Lipinski definition) is 5. The Morgan fingerprint density at radius 3 is 2.78 bits per heavy atom. The van der Waals surface area contributed by atoms with Gasteiger partial charge in [0.15, 0.2) is 5.69 Å². The molecule has 0 unspecified atom stereocenters. The molecule has 3 aromatic heterocycles. The number of nitrogens with one attached hydrogen (secondary N) is 2. The molecule has 3 aromatic rings. The first kappa shape index (κ1) is 17.5. The van der Waals surface area contributed by atoms with E-state index in [9.17, 15) is 9.59 Å². The van der Waals surface area contributed by atoms with Crippen molar-refractivity contribution >= 4 is 23.2 Å². The van der Waals surface area contributed by atoms with E-state index in [1.165, 1.54) is 17.4 Å². The number of furan rings is 1. The molecule has 2 amide bonds. The first-order chi connectivity index (χ1) is 13.1. The molecule has 0 bridgehead atoms. The van der Waals surface area contributed by atoms with Crippen LogP contribution in [0.2, 0.25) is 0 Å². The van der Waals surface area contributed by atoms with Crippen LogP contribution in [0, 0.1) is 6.92 Å². The zero-order valence-corrected chi connectivity index (χ0v) is 15.7. The smallest absolute Gasteiger partial charge is 0.272 e. The maximum atomic E-state index is 12.5. The van der Waals surface area contributed by atoms with Crippen LogP contribution < -0.4 is 5.32 Å². The van der Waals surface area contributed by atoms with Crippen LogP contribution in [0.25, 0.3) is 10.6 Å². The van der Waals surface area contributed by atoms with Gasteiger partial charge in [0, 0.05) is 24.0 Å². The number of hydrogen-bond donors (Lipinski definition) is 2. The molecule has 0 aromatic carbocycles. The molecule has 27 heavy (non-hydrogen) atoms. The lowest BCUT2D eigenvalue weighted by molar-refractivity contribution is 0.0697. The Hall–Kier alpha value is -2.87. The molecule has 0 atom stereocenters. The Bertz CT molecular complexity index is 936. The molecule has 1 aliphatic heterocycles. The van der Waals surface area contributed by atoms with Crippen LogP contribution in [-0.4, -0.2) is 46.0 Å². The second-order valence-corrected chi connectivity index (χ2v) is 7.92. The summed E-state index contributed by atoms with van der Waals surface area (Å²) in [5.41, 5.74) is 1.79. The zero-order chi connectivity index (χ0) is 18.8. The lowest BCUT2D eigenvalue weighted by atomic mass is 10.0. The zero-order valence-electron chi connectivity index (χ0n) is 14.9. The summed E-state index contributed by atoms with van der Waals surface area (Å²) in [7, 11) is 0. The maximum absolute atomic E-state index is 12.5. The number of thiophene rings is 1. The van der Waals surface area contributed by atoms with E-state index in [0.717, 1.165) is 23.4 Å². The van der Waals surface area contributed by atoms with Crippen LogP contribution in [0.5, 0.6) is 0 Å². The fourth-order valence-electron chi connectivity index (χ4n) is 3.20. The standard InChI is InChI=1S/C19H20N4O3S/c1-12-2-3-17(27-12)15-10-16(22-21-15)18(24)20-14-4-7-23(8-5-14)19(25)13-6-9-26-11-13/h2-3,6,9-11,14H,4-5,7-8H2,1H3,(H,20,24)(H,21,22). The average Bonchev–Trinajstić information content (AvgIpc) is 3.43. The molecule has 1 saturated heterocycles. The van der Waals surface area contributed by atoms with Gasteiger partial charge in [0.05, 0.1) is 22.4 Å². The number of H-pyrrole nitrogens is 1. The van der Waals surface area contributed by atoms with Crippen molar-refractivity contribution in [2.24, 2.45) is 0 Å². The predicted octanol–water partition coefficient (Wildman–Crippen LogP) is 3.07. The molecule has 0 spiro atoms. The highest BCUT2D eigenvalue weighted by atomic mass is 32.1. The van der Waals surface area contributed by atoms with E-state index >= 15 is 0 Å². The highest BCUT2D eigenvalue weighted by Gasteiger charge is 2.26. The van der Waals surface area contributed by atoms with E-state index < -0.39 is 0 Å². The largest absolute Gasteiger partial charge is 0.472 e. The summed E-state index contributed by atoms with van der Waals surface area (Å²) in [5.74, 6) is -0.220. The topological polar surface area (TPSA) is 91.2 Å². The number of carbonyl (C=O) groups is 2. The molecule has 4 rings (SSSR count). The highest BCUT2D eigenvalue weighted by molar-refractivity contribution is 7.15. The number of amides is 2. The molecule has 0 radical (unpaired) electrons. The number of piperidine rings is 1. The fourth-order valence-corrected chi connectivity index (χ4v) is 4.03. The van der Waals surface area contributed by atoms with Crippen LogP contribution in [0.3, 0.4) is 0 Å². The number of aryl methyl sites for hydroxylation is 1. The van der Waals surface area contributed by atoms with Crippen molar-refractivity contribution in [2.45, 2.75) is 25.8 Å². The van der Waals surface area contributed by atoms with Gasteiger partial charge in [0.1, 0.15) is 6.26 Å². The molecule has 1 fully saturated rings. The van der Waals surface area contributed by atoms with Crippen LogP contribution in [0.1, 0.15) is 38.6 Å². The van der Waals surface area contributed by atoms with Gasteiger partial charge in [-0.2, -0.15) is 5.10 Å². The molecule has 8 heteroatoms. The van der Waals surface area contributed by atoms with Crippen molar-refractivity contribution in [3.8, 4) is 10.6 Å². The average molecular weight is 384 g/mol. The van der Waals surface area contributed by atoms with E-state index in [1.807, 2.05) is 19.1 Å². The Kier molecular flexibility index (Phi) is 4.81. The Morgan fingerprint density at radius 2 is 2.11 bits per heavy atom. The van der Waals surface area contributed by atoms with E-state index in [-0.39, 0.29) is 17.9 Å². The Labute approximate surface area is 160 Å². The van der Waals surface area contributed by atoms with Crippen LogP contribution in [-0.2, 0) is 0 Å². The normalized spacial score (nSPS) is 15.1. The summed E-state index contributed by atoms with van der Waals surface area (Å²) in [5, 5.41) is 10.1. The third-order valence-electron chi connectivity index (χ3n) is 4.70. The maximum Gasteiger partial charge on any atom is 0.272 e. The minimum absolute atomic E-state index is 0.0308. The van der Waals surface area contributed by atoms with Gasteiger partial charge >= 0.3 is 0 Å². The summed E-state index contributed by atoms with van der Waals surface area (Å²) in [6, 6.07) is 7.54. The molecule has 1 aliphatic rings. The van der Waals surface area contributed by atoms with E-state index in [4.69, 9.17) is 4.42 Å². The summed E-state index contributed by atoms with van der Waals surface area (Å²) in [6.07, 6.45) is 4.39. The summed E-state index contributed by atoms with van der Waals surface area (Å²) in [6.45, 7) is 3.26. The second-order valence-electron chi connectivity index (χ2n) is 6.63. The van der Waals surface area contributed by atoms with Crippen molar-refractivity contribution in [2.75, 3.05) is 13.1 Å². The molecule has 2 N–H and O–H groups in total. The number of likely N-dealkylation sites (tertiary alicyclic amines) is 1. The molecule has 0 saturated carbocycles. The molecule has 140 valence electrons. The highest BCUT2D eigenvalue weighted by Crippen LogP contribution is 2.26.